The average molecular weight is 280 g/mol. The van der Waals surface area contributed by atoms with E-state index in [1.54, 1.807) is 11.4 Å². The van der Waals surface area contributed by atoms with E-state index in [0.717, 1.165) is 5.01 Å². The highest BCUT2D eigenvalue weighted by Crippen LogP contribution is 2.17. The van der Waals surface area contributed by atoms with Crippen LogP contribution in [0.1, 0.15) is 21.1 Å². The Balaban J connectivity index is 1.99. The van der Waals surface area contributed by atoms with Gasteiger partial charge in [-0.1, -0.05) is 6.07 Å². The van der Waals surface area contributed by atoms with E-state index in [2.05, 4.69) is 10.3 Å². The fraction of sp³-hybridized carbons (Fsp3) is 0.231. The number of nitrogens with zero attached hydrogens (tertiary/aromatic N) is 1. The fourth-order valence-electron chi connectivity index (χ4n) is 1.56. The molecular formula is C13H13FN2O2S. The highest BCUT2D eigenvalue weighted by Gasteiger charge is 2.09. The number of thiazole rings is 1. The van der Waals surface area contributed by atoms with Crippen molar-refractivity contribution in [3.8, 4) is 5.75 Å². The van der Waals surface area contributed by atoms with Crippen molar-refractivity contribution in [1.29, 1.82) is 0 Å². The summed E-state index contributed by atoms with van der Waals surface area (Å²) in [6, 6.07) is 4.57. The Morgan fingerprint density at radius 2 is 2.32 bits per heavy atom. The third kappa shape index (κ3) is 3.29. The molecule has 0 fully saturated rings. The molecule has 1 heterocycles. The summed E-state index contributed by atoms with van der Waals surface area (Å²) < 4.78 is 18.3. The number of hydrogen-bond donors (Lipinski definition) is 1. The van der Waals surface area contributed by atoms with Gasteiger partial charge in [0, 0.05) is 11.9 Å². The van der Waals surface area contributed by atoms with Crippen LogP contribution in [0.3, 0.4) is 0 Å². The number of rotatable bonds is 4. The van der Waals surface area contributed by atoms with Crippen LogP contribution in [0.15, 0.2) is 23.6 Å². The number of hydrogen-bond acceptors (Lipinski definition) is 4. The van der Waals surface area contributed by atoms with E-state index in [9.17, 15) is 9.18 Å². The summed E-state index contributed by atoms with van der Waals surface area (Å²) >= 11 is 1.41. The lowest BCUT2D eigenvalue weighted by atomic mass is 10.2. The van der Waals surface area contributed by atoms with Gasteiger partial charge in [-0.25, -0.2) is 9.37 Å². The predicted octanol–water partition coefficient (Wildman–Crippen LogP) is 2.53. The summed E-state index contributed by atoms with van der Waals surface area (Å²) in [5.41, 5.74) is 1.05. The van der Waals surface area contributed by atoms with Crippen LogP contribution in [0.2, 0.25) is 0 Å². The van der Waals surface area contributed by atoms with Crippen molar-refractivity contribution in [1.82, 2.24) is 10.3 Å². The summed E-state index contributed by atoms with van der Waals surface area (Å²) in [4.78, 5) is 15.8. The standard InChI is InChI=1S/C13H13FN2O2S/c1-8-16-11(7-19-8)13(17)15-6-9-3-4-12(18-2)10(14)5-9/h3-5,7H,6H2,1-2H3,(H,15,17). The Hall–Kier alpha value is -1.95. The van der Waals surface area contributed by atoms with E-state index >= 15 is 0 Å². The Morgan fingerprint density at radius 3 is 2.89 bits per heavy atom. The van der Waals surface area contributed by atoms with E-state index in [0.29, 0.717) is 11.3 Å². The zero-order valence-electron chi connectivity index (χ0n) is 10.6. The molecule has 0 bridgehead atoms. The summed E-state index contributed by atoms with van der Waals surface area (Å²) in [5, 5.41) is 5.22. The van der Waals surface area contributed by atoms with Crippen LogP contribution in [0.4, 0.5) is 4.39 Å². The third-order valence-corrected chi connectivity index (χ3v) is 3.29. The maximum atomic E-state index is 13.5. The molecular weight excluding hydrogens is 267 g/mol. The maximum absolute atomic E-state index is 13.5. The molecule has 0 aliphatic rings. The SMILES string of the molecule is COc1ccc(CNC(=O)c2csc(C)n2)cc1F. The molecule has 0 spiro atoms. The Bertz CT molecular complexity index is 598. The quantitative estimate of drug-likeness (QED) is 0.936. The second-order valence-electron chi connectivity index (χ2n) is 3.90. The minimum atomic E-state index is -0.446. The molecule has 0 aliphatic heterocycles. The first-order chi connectivity index (χ1) is 9.10. The number of aromatic nitrogens is 1. The lowest BCUT2D eigenvalue weighted by Gasteiger charge is -2.06. The van der Waals surface area contributed by atoms with Gasteiger partial charge < -0.3 is 10.1 Å². The normalized spacial score (nSPS) is 10.3. The van der Waals surface area contributed by atoms with Crippen molar-refractivity contribution in [2.75, 3.05) is 7.11 Å². The van der Waals surface area contributed by atoms with E-state index in [-0.39, 0.29) is 18.2 Å². The van der Waals surface area contributed by atoms with Crippen LogP contribution >= 0.6 is 11.3 Å². The topological polar surface area (TPSA) is 51.2 Å². The van der Waals surface area contributed by atoms with Crippen LogP contribution < -0.4 is 10.1 Å². The van der Waals surface area contributed by atoms with Gasteiger partial charge in [-0.3, -0.25) is 4.79 Å². The number of methoxy groups -OCH3 is 1. The molecule has 6 heteroatoms. The number of benzene rings is 1. The largest absolute Gasteiger partial charge is 0.494 e. The van der Waals surface area contributed by atoms with Crippen molar-refractivity contribution in [2.24, 2.45) is 0 Å². The summed E-state index contributed by atoms with van der Waals surface area (Å²) in [6.07, 6.45) is 0. The van der Waals surface area contributed by atoms with E-state index < -0.39 is 5.82 Å². The van der Waals surface area contributed by atoms with E-state index in [1.807, 2.05) is 6.92 Å². The molecule has 1 aromatic heterocycles. The number of carbonyl (C=O) groups excluding carboxylic acids is 1. The minimum Gasteiger partial charge on any atom is -0.494 e. The summed E-state index contributed by atoms with van der Waals surface area (Å²) in [7, 11) is 1.41. The molecule has 0 saturated heterocycles. The minimum absolute atomic E-state index is 0.185. The first-order valence-electron chi connectivity index (χ1n) is 5.63. The number of nitrogens with one attached hydrogen (secondary N) is 1. The second kappa shape index (κ2) is 5.79. The number of amides is 1. The highest BCUT2D eigenvalue weighted by atomic mass is 32.1. The van der Waals surface area contributed by atoms with Gasteiger partial charge in [-0.15, -0.1) is 11.3 Å². The van der Waals surface area contributed by atoms with Gasteiger partial charge in [-0.2, -0.15) is 0 Å². The molecule has 4 nitrogen and oxygen atoms in total. The zero-order valence-corrected chi connectivity index (χ0v) is 11.4. The lowest BCUT2D eigenvalue weighted by molar-refractivity contribution is 0.0946. The van der Waals surface area contributed by atoms with Gasteiger partial charge in [0.2, 0.25) is 0 Å². The second-order valence-corrected chi connectivity index (χ2v) is 4.97. The van der Waals surface area contributed by atoms with Gasteiger partial charge in [0.15, 0.2) is 11.6 Å². The van der Waals surface area contributed by atoms with Crippen molar-refractivity contribution < 1.29 is 13.9 Å². The molecule has 2 aromatic rings. The first-order valence-corrected chi connectivity index (χ1v) is 6.51. The number of carbonyl (C=O) groups is 1. The molecule has 0 aliphatic carbocycles. The molecule has 0 unspecified atom stereocenters. The van der Waals surface area contributed by atoms with E-state index in [4.69, 9.17) is 4.74 Å². The Morgan fingerprint density at radius 1 is 1.53 bits per heavy atom. The zero-order chi connectivity index (χ0) is 13.8. The summed E-state index contributed by atoms with van der Waals surface area (Å²) in [6.45, 7) is 2.08. The molecule has 1 N–H and O–H groups in total. The number of ether oxygens (including phenoxy) is 1. The smallest absolute Gasteiger partial charge is 0.271 e. The number of halogens is 1. The fourth-order valence-corrected chi connectivity index (χ4v) is 2.15. The van der Waals surface area contributed by atoms with Gasteiger partial charge >= 0.3 is 0 Å². The summed E-state index contributed by atoms with van der Waals surface area (Å²) in [5.74, 6) is -0.524. The van der Waals surface area contributed by atoms with Crippen molar-refractivity contribution >= 4 is 17.2 Å². The van der Waals surface area contributed by atoms with Gasteiger partial charge in [0.25, 0.3) is 5.91 Å². The van der Waals surface area contributed by atoms with Crippen LogP contribution in [0, 0.1) is 12.7 Å². The molecule has 100 valence electrons. The monoisotopic (exact) mass is 280 g/mol. The van der Waals surface area contributed by atoms with Crippen LogP contribution in [-0.2, 0) is 6.54 Å². The predicted molar refractivity (Wildman–Crippen MR) is 71.0 cm³/mol. The first kappa shape index (κ1) is 13.5. The van der Waals surface area contributed by atoms with Gasteiger partial charge in [-0.05, 0) is 24.6 Å². The molecule has 19 heavy (non-hydrogen) atoms. The van der Waals surface area contributed by atoms with Crippen molar-refractivity contribution in [3.05, 3.63) is 45.7 Å². The molecule has 0 saturated carbocycles. The molecule has 2 rings (SSSR count). The van der Waals surface area contributed by atoms with Gasteiger partial charge in [0.1, 0.15) is 5.69 Å². The highest BCUT2D eigenvalue weighted by molar-refractivity contribution is 7.09. The Kier molecular flexibility index (Phi) is 4.11. The van der Waals surface area contributed by atoms with Crippen LogP contribution in [0.5, 0.6) is 5.75 Å². The van der Waals surface area contributed by atoms with Gasteiger partial charge in [0.05, 0.1) is 12.1 Å². The average Bonchev–Trinajstić information content (AvgIpc) is 2.83. The molecule has 1 aromatic carbocycles. The molecule has 0 atom stereocenters. The van der Waals surface area contributed by atoms with Crippen molar-refractivity contribution in [2.45, 2.75) is 13.5 Å². The molecule has 0 radical (unpaired) electrons. The Labute approximate surface area is 114 Å². The van der Waals surface area contributed by atoms with Crippen LogP contribution in [0.25, 0.3) is 0 Å². The third-order valence-electron chi connectivity index (χ3n) is 2.52. The van der Waals surface area contributed by atoms with Crippen LogP contribution in [-0.4, -0.2) is 18.0 Å². The van der Waals surface area contributed by atoms with Crippen molar-refractivity contribution in [3.63, 3.8) is 0 Å². The maximum Gasteiger partial charge on any atom is 0.271 e. The molecule has 1 amide bonds. The number of aryl methyl sites for hydroxylation is 1. The van der Waals surface area contributed by atoms with E-state index in [1.165, 1.54) is 30.6 Å². The lowest BCUT2D eigenvalue weighted by Crippen LogP contribution is -2.23.